The standard InChI is InChI=1S/Al.Mg.Nb.H3O4P.5H/c;;;1-5(2,3)4;;;;;/h;;;(H3,1,2,3,4);;;;;. The van der Waals surface area contributed by atoms with Crippen molar-refractivity contribution < 1.29 is 41.6 Å². The van der Waals surface area contributed by atoms with E-state index in [-0.39, 0.29) is 62.8 Å². The summed E-state index contributed by atoms with van der Waals surface area (Å²) in [5.41, 5.74) is 0. The molecule has 0 atom stereocenters. The van der Waals surface area contributed by atoms with Crippen molar-refractivity contribution in [2.24, 2.45) is 0 Å². The second kappa shape index (κ2) is 9.15. The summed E-state index contributed by atoms with van der Waals surface area (Å²) in [6.45, 7) is 0. The van der Waals surface area contributed by atoms with Crippen LogP contribution in [0.15, 0.2) is 0 Å². The van der Waals surface area contributed by atoms with Crippen LogP contribution in [0.25, 0.3) is 0 Å². The smallest absolute Gasteiger partial charge is 0.303 e. The molecule has 0 aliphatic rings. The van der Waals surface area contributed by atoms with Crippen LogP contribution in [0.1, 0.15) is 0 Å². The van der Waals surface area contributed by atoms with Crippen LogP contribution in [-0.2, 0) is 26.9 Å². The molecule has 47 valence electrons. The molecule has 0 heterocycles. The predicted molar refractivity (Wildman–Crippen MR) is 32.7 cm³/mol. The average molecular weight is 247 g/mol. The van der Waals surface area contributed by atoms with Crippen molar-refractivity contribution >= 4 is 48.2 Å². The zero-order valence-electron chi connectivity index (χ0n) is 2.64. The van der Waals surface area contributed by atoms with Crippen molar-refractivity contribution in [1.29, 1.82) is 0 Å². The predicted octanol–water partition coefficient (Wildman–Crippen LogP) is -3.03. The average Bonchev–Trinajstić information content (AvgIpc) is 0.722. The summed E-state index contributed by atoms with van der Waals surface area (Å²) in [5.74, 6) is 0. The summed E-state index contributed by atoms with van der Waals surface area (Å²) in [6, 6.07) is 0. The van der Waals surface area contributed by atoms with Crippen LogP contribution in [0.5, 0.6) is 0 Å². The normalized spacial score (nSPS) is 7.38. The Balaban J connectivity index is -0.0000000267. The van der Waals surface area contributed by atoms with Crippen LogP contribution < -0.4 is 0 Å². The van der Waals surface area contributed by atoms with E-state index in [2.05, 4.69) is 0 Å². The Kier molecular flexibility index (Phi) is 25.7. The summed E-state index contributed by atoms with van der Waals surface area (Å²) < 4.78 is 8.88. The molecule has 0 aromatic carbocycles. The van der Waals surface area contributed by atoms with E-state index in [0.29, 0.717) is 0 Å². The number of hydrogen-bond donors (Lipinski definition) is 3. The van der Waals surface area contributed by atoms with Crippen LogP contribution in [-0.4, -0.2) is 55.1 Å². The van der Waals surface area contributed by atoms with Crippen molar-refractivity contribution in [3.63, 3.8) is 0 Å². The largest absolute Gasteiger partial charge is 0.466 e. The van der Waals surface area contributed by atoms with Gasteiger partial charge in [0.2, 0.25) is 0 Å². The maximum atomic E-state index is 8.88. The first-order chi connectivity index (χ1) is 2.00. The van der Waals surface area contributed by atoms with E-state index in [0.717, 1.165) is 0 Å². The summed E-state index contributed by atoms with van der Waals surface area (Å²) in [7, 11) is -4.64. The topological polar surface area (TPSA) is 77.8 Å². The van der Waals surface area contributed by atoms with Gasteiger partial charge >= 0.3 is 30.9 Å². The van der Waals surface area contributed by atoms with Crippen molar-refractivity contribution in [2.75, 3.05) is 0 Å². The fourth-order valence-electron chi connectivity index (χ4n) is 0. The van der Waals surface area contributed by atoms with Crippen LogP contribution in [0, 0.1) is 0 Å². The first kappa shape index (κ1) is 22.5. The van der Waals surface area contributed by atoms with Gasteiger partial charge in [-0.25, -0.2) is 4.57 Å². The Morgan fingerprint density at radius 1 is 1.12 bits per heavy atom. The molecule has 0 aliphatic carbocycles. The molecule has 8 heavy (non-hydrogen) atoms. The van der Waals surface area contributed by atoms with Gasteiger partial charge in [0, 0.05) is 22.4 Å². The van der Waals surface area contributed by atoms with Crippen molar-refractivity contribution in [2.45, 2.75) is 0 Å². The Morgan fingerprint density at radius 3 is 1.12 bits per heavy atom. The zero-order valence-corrected chi connectivity index (χ0v) is 5.74. The molecule has 0 unspecified atom stereocenters. The molecule has 0 fully saturated rings. The molecule has 3 N–H and O–H groups in total. The third-order valence-electron chi connectivity index (χ3n) is 0. The zero-order chi connectivity index (χ0) is 4.50. The van der Waals surface area contributed by atoms with E-state index in [4.69, 9.17) is 19.2 Å². The van der Waals surface area contributed by atoms with Gasteiger partial charge in [-0.05, 0) is 0 Å². The second-order valence-electron chi connectivity index (χ2n) is 0.513. The van der Waals surface area contributed by atoms with Crippen molar-refractivity contribution in [1.82, 2.24) is 0 Å². The maximum absolute atomic E-state index is 8.88. The second-order valence-corrected chi connectivity index (χ2v) is 1.54. The molecular formula is H8AlMgNbO4P. The van der Waals surface area contributed by atoms with Crippen LogP contribution in [0.2, 0.25) is 0 Å². The number of hydrogen-bond acceptors (Lipinski definition) is 1. The van der Waals surface area contributed by atoms with Crippen LogP contribution in [0.3, 0.4) is 0 Å². The Morgan fingerprint density at radius 2 is 1.12 bits per heavy atom. The van der Waals surface area contributed by atoms with Gasteiger partial charge in [-0.15, -0.1) is 0 Å². The summed E-state index contributed by atoms with van der Waals surface area (Å²) in [4.78, 5) is 21.6. The van der Waals surface area contributed by atoms with E-state index in [1.165, 1.54) is 0 Å². The third-order valence-corrected chi connectivity index (χ3v) is 0. The first-order valence-corrected chi connectivity index (χ1v) is 2.35. The molecule has 0 rings (SSSR count). The van der Waals surface area contributed by atoms with Gasteiger partial charge in [-0.3, -0.25) is 0 Å². The van der Waals surface area contributed by atoms with Gasteiger partial charge in [-0.1, -0.05) is 0 Å². The Bertz CT molecular complexity index is 62.2. The summed E-state index contributed by atoms with van der Waals surface area (Å²) in [6.07, 6.45) is 0. The van der Waals surface area contributed by atoms with E-state index < -0.39 is 7.82 Å². The monoisotopic (exact) mass is 247 g/mol. The van der Waals surface area contributed by atoms with Gasteiger partial charge < -0.3 is 14.7 Å². The molecule has 0 bridgehead atoms. The fraction of sp³-hybridized carbons (Fsp3) is 0. The quantitative estimate of drug-likeness (QED) is 0.314. The third kappa shape index (κ3) is 90.2. The molecule has 4 nitrogen and oxygen atoms in total. The molecule has 8 heteroatoms. The van der Waals surface area contributed by atoms with Crippen molar-refractivity contribution in [3.8, 4) is 0 Å². The number of phosphoric acid groups is 1. The minimum absolute atomic E-state index is 0. The fourth-order valence-corrected chi connectivity index (χ4v) is 0. The van der Waals surface area contributed by atoms with Gasteiger partial charge in [-0.2, -0.15) is 0 Å². The van der Waals surface area contributed by atoms with Gasteiger partial charge in [0.25, 0.3) is 0 Å². The molecule has 0 saturated carbocycles. The van der Waals surface area contributed by atoms with E-state index >= 15 is 0 Å². The minimum Gasteiger partial charge on any atom is -0.303 e. The molecule has 0 saturated heterocycles. The molecule has 0 aromatic heterocycles. The molecular weight excluding hydrogens is 239 g/mol. The summed E-state index contributed by atoms with van der Waals surface area (Å²) >= 11 is 0. The van der Waals surface area contributed by atoms with E-state index in [9.17, 15) is 0 Å². The number of rotatable bonds is 0. The molecule has 1 radical (unpaired) electrons. The molecule has 0 aromatic rings. The maximum Gasteiger partial charge on any atom is 0.466 e. The van der Waals surface area contributed by atoms with Gasteiger partial charge in [0.05, 0.1) is 0 Å². The van der Waals surface area contributed by atoms with Crippen molar-refractivity contribution in [3.05, 3.63) is 0 Å². The summed E-state index contributed by atoms with van der Waals surface area (Å²) in [5, 5.41) is 0. The Hall–Kier alpha value is 2.15. The molecule has 0 aliphatic heterocycles. The molecule has 0 spiro atoms. The van der Waals surface area contributed by atoms with E-state index in [1.54, 1.807) is 0 Å². The van der Waals surface area contributed by atoms with E-state index in [1.807, 2.05) is 0 Å². The Labute approximate surface area is 89.1 Å². The molecule has 0 amide bonds. The van der Waals surface area contributed by atoms with Crippen LogP contribution in [0.4, 0.5) is 0 Å². The van der Waals surface area contributed by atoms with Gasteiger partial charge in [0.1, 0.15) is 0 Å². The minimum atomic E-state index is -4.64. The first-order valence-electron chi connectivity index (χ1n) is 0.783. The van der Waals surface area contributed by atoms with Gasteiger partial charge in [0.15, 0.2) is 17.4 Å². The van der Waals surface area contributed by atoms with Crippen LogP contribution >= 0.6 is 7.82 Å². The SMILES string of the molecule is O=P(O)(O)O.[AlH3].[MgH2].[Nb].